The van der Waals surface area contributed by atoms with Gasteiger partial charge in [-0.15, -0.1) is 0 Å². The molecule has 0 aromatic carbocycles. The van der Waals surface area contributed by atoms with E-state index in [4.69, 9.17) is 10.9 Å². The molecule has 0 aliphatic heterocycles. The monoisotopic (exact) mass is 274 g/mol. The fourth-order valence-corrected chi connectivity index (χ4v) is 3.80. The SMILES string of the molecule is NC(=NO)c1cc(CNCC2CC3CCC2C3)ccn1. The van der Waals surface area contributed by atoms with Crippen molar-refractivity contribution in [3.8, 4) is 0 Å². The third kappa shape index (κ3) is 2.77. The molecule has 108 valence electrons. The van der Waals surface area contributed by atoms with E-state index in [1.165, 1.54) is 25.7 Å². The number of nitrogens with one attached hydrogen (secondary N) is 1. The molecule has 1 aromatic rings. The summed E-state index contributed by atoms with van der Waals surface area (Å²) < 4.78 is 0. The maximum atomic E-state index is 8.67. The van der Waals surface area contributed by atoms with Crippen molar-refractivity contribution in [3.05, 3.63) is 29.6 Å². The van der Waals surface area contributed by atoms with E-state index in [1.54, 1.807) is 6.20 Å². The molecule has 5 nitrogen and oxygen atoms in total. The van der Waals surface area contributed by atoms with Gasteiger partial charge in [0, 0.05) is 12.7 Å². The Morgan fingerprint density at radius 1 is 1.45 bits per heavy atom. The number of hydrogen-bond acceptors (Lipinski definition) is 4. The predicted molar refractivity (Wildman–Crippen MR) is 77.4 cm³/mol. The van der Waals surface area contributed by atoms with Crippen LogP contribution < -0.4 is 11.1 Å². The summed E-state index contributed by atoms with van der Waals surface area (Å²) in [5.41, 5.74) is 7.19. The Bertz CT molecular complexity index is 502. The van der Waals surface area contributed by atoms with Crippen LogP contribution in [0.1, 0.15) is 36.9 Å². The molecule has 2 saturated carbocycles. The van der Waals surface area contributed by atoms with Crippen molar-refractivity contribution in [2.45, 2.75) is 32.2 Å². The normalized spacial score (nSPS) is 29.0. The Morgan fingerprint density at radius 2 is 2.35 bits per heavy atom. The molecular formula is C15H22N4O. The van der Waals surface area contributed by atoms with Crippen molar-refractivity contribution < 1.29 is 5.21 Å². The summed E-state index contributed by atoms with van der Waals surface area (Å²) in [6, 6.07) is 3.82. The molecule has 3 unspecified atom stereocenters. The zero-order chi connectivity index (χ0) is 13.9. The average Bonchev–Trinajstić information content (AvgIpc) is 3.09. The highest BCUT2D eigenvalue weighted by Crippen LogP contribution is 2.47. The van der Waals surface area contributed by atoms with Crippen molar-refractivity contribution in [2.24, 2.45) is 28.6 Å². The molecule has 0 amide bonds. The van der Waals surface area contributed by atoms with Crippen LogP contribution in [-0.2, 0) is 6.54 Å². The van der Waals surface area contributed by atoms with Gasteiger partial charge in [0.15, 0.2) is 5.84 Å². The number of fused-ring (bicyclic) bond motifs is 2. The fourth-order valence-electron chi connectivity index (χ4n) is 3.80. The summed E-state index contributed by atoms with van der Waals surface area (Å²) in [4.78, 5) is 4.08. The summed E-state index contributed by atoms with van der Waals surface area (Å²) in [7, 11) is 0. The molecule has 0 spiro atoms. The van der Waals surface area contributed by atoms with Crippen LogP contribution in [0.15, 0.2) is 23.5 Å². The van der Waals surface area contributed by atoms with Gasteiger partial charge in [-0.3, -0.25) is 4.98 Å². The first kappa shape index (κ1) is 13.4. The van der Waals surface area contributed by atoms with Gasteiger partial charge in [0.2, 0.25) is 0 Å². The number of rotatable bonds is 5. The van der Waals surface area contributed by atoms with Crippen LogP contribution in [-0.4, -0.2) is 22.6 Å². The third-order valence-electron chi connectivity index (χ3n) is 4.81. The highest BCUT2D eigenvalue weighted by molar-refractivity contribution is 5.95. The number of nitrogens with two attached hydrogens (primary N) is 1. The summed E-state index contributed by atoms with van der Waals surface area (Å²) >= 11 is 0. The Kier molecular flexibility index (Phi) is 3.87. The zero-order valence-electron chi connectivity index (χ0n) is 11.6. The van der Waals surface area contributed by atoms with Gasteiger partial charge >= 0.3 is 0 Å². The van der Waals surface area contributed by atoms with Crippen molar-refractivity contribution in [3.63, 3.8) is 0 Å². The van der Waals surface area contributed by atoms with Crippen LogP contribution >= 0.6 is 0 Å². The standard InChI is InChI=1S/C15H22N4O/c16-15(19-20)14-7-11(3-4-18-14)8-17-9-13-6-10-1-2-12(13)5-10/h3-4,7,10,12-13,17,20H,1-2,5-6,8-9H2,(H2,16,19). The lowest BCUT2D eigenvalue weighted by Crippen LogP contribution is -2.26. The summed E-state index contributed by atoms with van der Waals surface area (Å²) in [6.45, 7) is 1.91. The number of hydrogen-bond donors (Lipinski definition) is 3. The fraction of sp³-hybridized carbons (Fsp3) is 0.600. The van der Waals surface area contributed by atoms with E-state index < -0.39 is 0 Å². The van der Waals surface area contributed by atoms with Crippen molar-refractivity contribution >= 4 is 5.84 Å². The van der Waals surface area contributed by atoms with Gasteiger partial charge in [-0.25, -0.2) is 0 Å². The third-order valence-corrected chi connectivity index (χ3v) is 4.81. The minimum absolute atomic E-state index is 0.0555. The van der Waals surface area contributed by atoms with E-state index in [9.17, 15) is 0 Å². The predicted octanol–water partition coefficient (Wildman–Crippen LogP) is 1.70. The Hall–Kier alpha value is -1.62. The van der Waals surface area contributed by atoms with Gasteiger partial charge in [0.05, 0.1) is 0 Å². The van der Waals surface area contributed by atoms with Crippen LogP contribution in [0.3, 0.4) is 0 Å². The molecule has 4 N–H and O–H groups in total. The van der Waals surface area contributed by atoms with Crippen molar-refractivity contribution in [1.82, 2.24) is 10.3 Å². The van der Waals surface area contributed by atoms with Crippen molar-refractivity contribution in [1.29, 1.82) is 0 Å². The largest absolute Gasteiger partial charge is 0.409 e. The highest BCUT2D eigenvalue weighted by atomic mass is 16.4. The second kappa shape index (κ2) is 5.79. The molecule has 2 bridgehead atoms. The topological polar surface area (TPSA) is 83.5 Å². The van der Waals surface area contributed by atoms with E-state index in [0.717, 1.165) is 36.4 Å². The van der Waals surface area contributed by atoms with Gasteiger partial charge in [0.25, 0.3) is 0 Å². The lowest BCUT2D eigenvalue weighted by Gasteiger charge is -2.21. The smallest absolute Gasteiger partial charge is 0.188 e. The molecule has 1 aromatic heterocycles. The van der Waals surface area contributed by atoms with E-state index >= 15 is 0 Å². The van der Waals surface area contributed by atoms with E-state index in [0.29, 0.717) is 5.69 Å². The number of aromatic nitrogens is 1. The molecule has 2 fully saturated rings. The Balaban J connectivity index is 1.51. The first-order valence-electron chi connectivity index (χ1n) is 7.40. The van der Waals surface area contributed by atoms with Gasteiger partial charge in [-0.2, -0.15) is 0 Å². The van der Waals surface area contributed by atoms with Crippen LogP contribution in [0.4, 0.5) is 0 Å². The molecular weight excluding hydrogens is 252 g/mol. The van der Waals surface area contributed by atoms with E-state index in [2.05, 4.69) is 15.5 Å². The highest BCUT2D eigenvalue weighted by Gasteiger charge is 2.38. The van der Waals surface area contributed by atoms with Gasteiger partial charge in [-0.1, -0.05) is 11.6 Å². The van der Waals surface area contributed by atoms with Crippen LogP contribution in [0, 0.1) is 17.8 Å². The van der Waals surface area contributed by atoms with Crippen LogP contribution in [0.5, 0.6) is 0 Å². The second-order valence-corrected chi connectivity index (χ2v) is 6.10. The molecule has 3 atom stereocenters. The lowest BCUT2D eigenvalue weighted by atomic mass is 9.89. The van der Waals surface area contributed by atoms with Crippen molar-refractivity contribution in [2.75, 3.05) is 6.54 Å². The van der Waals surface area contributed by atoms with Gasteiger partial charge in [-0.05, 0) is 61.3 Å². The number of nitrogens with zero attached hydrogens (tertiary/aromatic N) is 2. The minimum Gasteiger partial charge on any atom is -0.409 e. The molecule has 0 radical (unpaired) electrons. The Labute approximate surface area is 119 Å². The second-order valence-electron chi connectivity index (χ2n) is 6.10. The van der Waals surface area contributed by atoms with Crippen LogP contribution in [0.25, 0.3) is 0 Å². The molecule has 3 rings (SSSR count). The molecule has 1 heterocycles. The quantitative estimate of drug-likeness (QED) is 0.330. The Morgan fingerprint density at radius 3 is 3.05 bits per heavy atom. The maximum Gasteiger partial charge on any atom is 0.188 e. The molecule has 5 heteroatoms. The molecule has 0 saturated heterocycles. The summed E-state index contributed by atoms with van der Waals surface area (Å²) in [5.74, 6) is 2.87. The van der Waals surface area contributed by atoms with Gasteiger partial charge < -0.3 is 16.3 Å². The zero-order valence-corrected chi connectivity index (χ0v) is 11.6. The summed E-state index contributed by atoms with van der Waals surface area (Å²) in [6.07, 6.45) is 7.44. The first-order valence-corrected chi connectivity index (χ1v) is 7.40. The molecule has 2 aliphatic rings. The van der Waals surface area contributed by atoms with E-state index in [-0.39, 0.29) is 5.84 Å². The number of amidine groups is 1. The van der Waals surface area contributed by atoms with Gasteiger partial charge in [0.1, 0.15) is 5.69 Å². The maximum absolute atomic E-state index is 8.67. The van der Waals surface area contributed by atoms with E-state index in [1.807, 2.05) is 12.1 Å². The molecule has 20 heavy (non-hydrogen) atoms. The summed E-state index contributed by atoms with van der Waals surface area (Å²) in [5, 5.41) is 15.2. The number of oxime groups is 1. The number of pyridine rings is 1. The molecule has 2 aliphatic carbocycles. The van der Waals surface area contributed by atoms with Crippen LogP contribution in [0.2, 0.25) is 0 Å². The lowest BCUT2D eigenvalue weighted by molar-refractivity contribution is 0.318. The average molecular weight is 274 g/mol. The first-order chi connectivity index (χ1) is 9.76. The minimum atomic E-state index is 0.0555.